The van der Waals surface area contributed by atoms with E-state index in [0.717, 1.165) is 51.4 Å². The Morgan fingerprint density at radius 1 is 0.302 bits per heavy atom. The maximum absolute atomic E-state index is 2.43. The summed E-state index contributed by atoms with van der Waals surface area (Å²) < 4.78 is 0. The molecular formula is C41H54P2. The van der Waals surface area contributed by atoms with Gasteiger partial charge in [0.25, 0.3) is 0 Å². The SMILES string of the molecule is CCc1cccc(CC)c1P(CP(c1c(CC)cccc1CC)c1c(CC)cccc1CC)c1c(CC)cccc1CC. The molecule has 0 atom stereocenters. The molecule has 0 aliphatic heterocycles. The molecule has 0 N–H and O–H groups in total. The van der Waals surface area contributed by atoms with E-state index in [4.69, 9.17) is 0 Å². The average molecular weight is 609 g/mol. The first-order valence-corrected chi connectivity index (χ1v) is 20.0. The Hall–Kier alpha value is -2.26. The molecule has 2 heteroatoms. The second-order valence-electron chi connectivity index (χ2n) is 11.5. The van der Waals surface area contributed by atoms with Crippen LogP contribution in [0.4, 0.5) is 0 Å². The molecule has 0 spiro atoms. The third kappa shape index (κ3) is 7.03. The lowest BCUT2D eigenvalue weighted by molar-refractivity contribution is 1.10. The molecule has 0 aliphatic rings. The van der Waals surface area contributed by atoms with Crippen molar-refractivity contribution in [2.45, 2.75) is 107 Å². The van der Waals surface area contributed by atoms with Crippen LogP contribution in [0.5, 0.6) is 0 Å². The van der Waals surface area contributed by atoms with Crippen molar-refractivity contribution in [2.24, 2.45) is 0 Å². The van der Waals surface area contributed by atoms with Crippen LogP contribution in [0.15, 0.2) is 72.8 Å². The summed E-state index contributed by atoms with van der Waals surface area (Å²) in [6.07, 6.45) is 8.72. The van der Waals surface area contributed by atoms with Crippen molar-refractivity contribution in [1.82, 2.24) is 0 Å². The molecule has 0 aliphatic carbocycles. The van der Waals surface area contributed by atoms with E-state index >= 15 is 0 Å². The molecule has 0 saturated heterocycles. The topological polar surface area (TPSA) is 0 Å². The largest absolute Gasteiger partial charge is 0.0617 e. The van der Waals surface area contributed by atoms with E-state index in [0.29, 0.717) is 0 Å². The van der Waals surface area contributed by atoms with Crippen molar-refractivity contribution in [3.05, 3.63) is 117 Å². The van der Waals surface area contributed by atoms with Crippen LogP contribution in [-0.4, -0.2) is 5.90 Å². The molecule has 0 saturated carbocycles. The van der Waals surface area contributed by atoms with E-state index in [9.17, 15) is 0 Å². The van der Waals surface area contributed by atoms with Crippen LogP contribution in [0.1, 0.15) is 99.9 Å². The van der Waals surface area contributed by atoms with E-state index < -0.39 is 15.8 Å². The van der Waals surface area contributed by atoms with Gasteiger partial charge in [0.05, 0.1) is 0 Å². The molecule has 0 unspecified atom stereocenters. The van der Waals surface area contributed by atoms with Crippen LogP contribution >= 0.6 is 15.8 Å². The lowest BCUT2D eigenvalue weighted by Gasteiger charge is -2.35. The number of hydrogen-bond donors (Lipinski definition) is 0. The lowest BCUT2D eigenvalue weighted by atomic mass is 10.1. The molecule has 228 valence electrons. The van der Waals surface area contributed by atoms with Crippen LogP contribution in [0.25, 0.3) is 0 Å². The van der Waals surface area contributed by atoms with Gasteiger partial charge >= 0.3 is 0 Å². The molecule has 4 aromatic carbocycles. The molecule has 0 bridgehead atoms. The minimum absolute atomic E-state index is 0.585. The summed E-state index contributed by atoms with van der Waals surface area (Å²) in [5, 5.41) is 6.74. The van der Waals surface area contributed by atoms with Crippen molar-refractivity contribution in [1.29, 1.82) is 0 Å². The number of rotatable bonds is 14. The van der Waals surface area contributed by atoms with Gasteiger partial charge in [0, 0.05) is 5.90 Å². The summed E-state index contributed by atoms with van der Waals surface area (Å²) >= 11 is 0. The molecule has 0 aromatic heterocycles. The molecule has 0 fully saturated rings. The van der Waals surface area contributed by atoms with Gasteiger partial charge in [-0.15, -0.1) is 0 Å². The maximum Gasteiger partial charge on any atom is 0.00413 e. The van der Waals surface area contributed by atoms with Gasteiger partial charge in [0.1, 0.15) is 0 Å². The summed E-state index contributed by atoms with van der Waals surface area (Å²) in [7, 11) is -1.17. The highest BCUT2D eigenvalue weighted by Gasteiger charge is 2.32. The lowest BCUT2D eigenvalue weighted by Crippen LogP contribution is -2.30. The first kappa shape index (κ1) is 33.6. The van der Waals surface area contributed by atoms with Gasteiger partial charge in [-0.05, 0) is 133 Å². The fraction of sp³-hybridized carbons (Fsp3) is 0.415. The minimum Gasteiger partial charge on any atom is -0.0617 e. The van der Waals surface area contributed by atoms with Crippen LogP contribution in [-0.2, 0) is 51.4 Å². The normalized spacial score (nSPS) is 11.6. The Morgan fingerprint density at radius 3 is 0.605 bits per heavy atom. The standard InChI is InChI=1S/C41H54P2/c1-9-30-21-17-22-31(10-2)38(30)42(39-32(11-3)23-18-24-33(39)12-4)29-43(40-34(13-5)25-19-26-35(40)14-6)41-36(15-7)27-20-28-37(41)16-8/h17-28H,9-16,29H2,1-8H3. The van der Waals surface area contributed by atoms with Crippen LogP contribution < -0.4 is 21.2 Å². The molecule has 0 nitrogen and oxygen atoms in total. The molecular weight excluding hydrogens is 554 g/mol. The number of aryl methyl sites for hydroxylation is 8. The molecule has 0 amide bonds. The number of hydrogen-bond acceptors (Lipinski definition) is 0. The van der Waals surface area contributed by atoms with E-state index in [1.807, 2.05) is 0 Å². The van der Waals surface area contributed by atoms with Gasteiger partial charge in [0.15, 0.2) is 0 Å². The molecule has 43 heavy (non-hydrogen) atoms. The maximum atomic E-state index is 2.43. The average Bonchev–Trinajstić information content (AvgIpc) is 3.07. The summed E-state index contributed by atoms with van der Waals surface area (Å²) in [6.45, 7) is 18.9. The molecule has 0 heterocycles. The van der Waals surface area contributed by atoms with Gasteiger partial charge < -0.3 is 0 Å². The monoisotopic (exact) mass is 608 g/mol. The zero-order valence-electron chi connectivity index (χ0n) is 28.2. The summed E-state index contributed by atoms with van der Waals surface area (Å²) in [5.74, 6) is 1.23. The second-order valence-corrected chi connectivity index (χ2v) is 16.2. The minimum atomic E-state index is -0.585. The summed E-state index contributed by atoms with van der Waals surface area (Å²) in [4.78, 5) is 0. The third-order valence-corrected chi connectivity index (χ3v) is 15.9. The first-order valence-electron chi connectivity index (χ1n) is 17.0. The predicted octanol–water partition coefficient (Wildman–Crippen LogP) is 9.71. The quantitative estimate of drug-likeness (QED) is 0.125. The molecule has 4 aromatic rings. The Balaban J connectivity index is 2.15. The fourth-order valence-electron chi connectivity index (χ4n) is 6.90. The molecule has 0 radical (unpaired) electrons. The van der Waals surface area contributed by atoms with E-state index in [1.54, 1.807) is 65.7 Å². The van der Waals surface area contributed by atoms with Crippen molar-refractivity contribution in [3.8, 4) is 0 Å². The van der Waals surface area contributed by atoms with Gasteiger partial charge in [-0.3, -0.25) is 0 Å². The van der Waals surface area contributed by atoms with Crippen molar-refractivity contribution >= 4 is 37.1 Å². The zero-order chi connectivity index (χ0) is 30.9. The van der Waals surface area contributed by atoms with Crippen molar-refractivity contribution in [3.63, 3.8) is 0 Å². The van der Waals surface area contributed by atoms with Crippen LogP contribution in [0.3, 0.4) is 0 Å². The van der Waals surface area contributed by atoms with Crippen molar-refractivity contribution < 1.29 is 0 Å². The van der Waals surface area contributed by atoms with E-state index in [1.165, 1.54) is 5.90 Å². The number of benzene rings is 4. The Bertz CT molecular complexity index is 1190. The predicted molar refractivity (Wildman–Crippen MR) is 198 cm³/mol. The Kier molecular flexibility index (Phi) is 12.6. The first-order chi connectivity index (χ1) is 21.0. The van der Waals surface area contributed by atoms with Crippen molar-refractivity contribution in [2.75, 3.05) is 5.90 Å². The van der Waals surface area contributed by atoms with Crippen LogP contribution in [0, 0.1) is 0 Å². The molecule has 4 rings (SSSR count). The van der Waals surface area contributed by atoms with E-state index in [-0.39, 0.29) is 0 Å². The highest BCUT2D eigenvalue weighted by molar-refractivity contribution is 7.88. The Labute approximate surface area is 266 Å². The third-order valence-electron chi connectivity index (χ3n) is 9.22. The van der Waals surface area contributed by atoms with E-state index in [2.05, 4.69) is 128 Å². The zero-order valence-corrected chi connectivity index (χ0v) is 30.0. The van der Waals surface area contributed by atoms with Gasteiger partial charge in [-0.2, -0.15) is 0 Å². The highest BCUT2D eigenvalue weighted by atomic mass is 31.2. The summed E-state index contributed by atoms with van der Waals surface area (Å²) in [6, 6.07) is 28.7. The van der Waals surface area contributed by atoms with Crippen LogP contribution in [0.2, 0.25) is 0 Å². The second kappa shape index (κ2) is 16.2. The van der Waals surface area contributed by atoms with Gasteiger partial charge in [-0.1, -0.05) is 128 Å². The smallest absolute Gasteiger partial charge is 0.00413 e. The van der Waals surface area contributed by atoms with Gasteiger partial charge in [-0.25, -0.2) is 0 Å². The Morgan fingerprint density at radius 2 is 0.465 bits per heavy atom. The van der Waals surface area contributed by atoms with Gasteiger partial charge in [0.2, 0.25) is 0 Å². The fourth-order valence-corrected chi connectivity index (χ4v) is 15.4. The highest BCUT2D eigenvalue weighted by Crippen LogP contribution is 2.53. The summed E-state index contributed by atoms with van der Waals surface area (Å²) in [5.41, 5.74) is 12.5.